The molecule has 96 valence electrons. The van der Waals surface area contributed by atoms with E-state index in [0.29, 0.717) is 6.54 Å². The van der Waals surface area contributed by atoms with Crippen LogP contribution in [-0.4, -0.2) is 18.5 Å². The van der Waals surface area contributed by atoms with Gasteiger partial charge in [-0.05, 0) is 40.9 Å². The first-order valence-electron chi connectivity index (χ1n) is 5.85. The molecule has 1 aromatic heterocycles. The van der Waals surface area contributed by atoms with E-state index < -0.39 is 0 Å². The van der Waals surface area contributed by atoms with Crippen molar-refractivity contribution in [1.82, 2.24) is 5.32 Å². The Kier molecular flexibility index (Phi) is 6.16. The summed E-state index contributed by atoms with van der Waals surface area (Å²) in [6.45, 7) is 4.61. The summed E-state index contributed by atoms with van der Waals surface area (Å²) in [4.78, 5) is 12.7. The molecule has 1 aromatic rings. The van der Waals surface area contributed by atoms with Crippen molar-refractivity contribution in [2.75, 3.05) is 6.54 Å². The first-order valence-corrected chi connectivity index (χ1v) is 7.46. The van der Waals surface area contributed by atoms with E-state index in [4.69, 9.17) is 5.73 Å². The molecule has 1 rings (SSSR count). The molecule has 0 saturated heterocycles. The minimum absolute atomic E-state index is 0.0182. The standard InChI is InChI=1S/C12H19BrN2OS/c1-3-4-5-9(7-14)15-12(16)10-6-8(2)11(13)17-10/h6,9H,3-5,7,14H2,1-2H3,(H,15,16). The van der Waals surface area contributed by atoms with Crippen molar-refractivity contribution >= 4 is 33.2 Å². The van der Waals surface area contributed by atoms with Crippen LogP contribution in [0.4, 0.5) is 0 Å². The molecule has 3 N–H and O–H groups in total. The number of hydrogen-bond donors (Lipinski definition) is 2. The van der Waals surface area contributed by atoms with Crippen LogP contribution in [0.2, 0.25) is 0 Å². The molecule has 0 bridgehead atoms. The van der Waals surface area contributed by atoms with Gasteiger partial charge in [0.2, 0.25) is 0 Å². The maximum atomic E-state index is 12.0. The summed E-state index contributed by atoms with van der Waals surface area (Å²) >= 11 is 4.89. The van der Waals surface area contributed by atoms with Crippen LogP contribution in [-0.2, 0) is 0 Å². The van der Waals surface area contributed by atoms with Gasteiger partial charge in [-0.1, -0.05) is 19.8 Å². The Morgan fingerprint density at radius 3 is 2.82 bits per heavy atom. The zero-order valence-corrected chi connectivity index (χ0v) is 12.7. The molecule has 0 saturated carbocycles. The molecule has 0 aliphatic heterocycles. The summed E-state index contributed by atoms with van der Waals surface area (Å²) < 4.78 is 1.01. The molecule has 1 unspecified atom stereocenters. The highest BCUT2D eigenvalue weighted by molar-refractivity contribution is 9.11. The SMILES string of the molecule is CCCCC(CN)NC(=O)c1cc(C)c(Br)s1. The fourth-order valence-electron chi connectivity index (χ4n) is 1.53. The predicted molar refractivity (Wildman–Crippen MR) is 76.6 cm³/mol. The minimum Gasteiger partial charge on any atom is -0.347 e. The number of carbonyl (C=O) groups excluding carboxylic acids is 1. The van der Waals surface area contributed by atoms with E-state index in [-0.39, 0.29) is 11.9 Å². The third kappa shape index (κ3) is 4.41. The average molecular weight is 319 g/mol. The number of carbonyl (C=O) groups is 1. The van der Waals surface area contributed by atoms with Gasteiger partial charge < -0.3 is 11.1 Å². The highest BCUT2D eigenvalue weighted by Gasteiger charge is 2.14. The second-order valence-corrected chi connectivity index (χ2v) is 6.49. The number of amides is 1. The Labute approximate surface area is 115 Å². The molecule has 1 heterocycles. The lowest BCUT2D eigenvalue weighted by Crippen LogP contribution is -2.39. The Morgan fingerprint density at radius 1 is 1.65 bits per heavy atom. The van der Waals surface area contributed by atoms with Gasteiger partial charge in [0.25, 0.3) is 5.91 Å². The molecule has 0 aliphatic carbocycles. The van der Waals surface area contributed by atoms with Crippen molar-refractivity contribution < 1.29 is 4.79 Å². The predicted octanol–water partition coefficient (Wildman–Crippen LogP) is 3.07. The fraction of sp³-hybridized carbons (Fsp3) is 0.583. The Hall–Kier alpha value is -0.390. The zero-order valence-electron chi connectivity index (χ0n) is 10.3. The Bertz CT molecular complexity index is 359. The second-order valence-electron chi connectivity index (χ2n) is 4.12. The normalized spacial score (nSPS) is 12.5. The van der Waals surface area contributed by atoms with Gasteiger partial charge >= 0.3 is 0 Å². The first kappa shape index (κ1) is 14.7. The lowest BCUT2D eigenvalue weighted by atomic mass is 10.1. The van der Waals surface area contributed by atoms with Crippen LogP contribution in [0.15, 0.2) is 9.85 Å². The molecule has 0 aliphatic rings. The molecule has 3 nitrogen and oxygen atoms in total. The van der Waals surface area contributed by atoms with Gasteiger partial charge in [0.1, 0.15) is 0 Å². The van der Waals surface area contributed by atoms with Gasteiger partial charge in [-0.15, -0.1) is 11.3 Å². The number of thiophene rings is 1. The molecular formula is C12H19BrN2OS. The van der Waals surface area contributed by atoms with Crippen molar-refractivity contribution in [3.63, 3.8) is 0 Å². The quantitative estimate of drug-likeness (QED) is 0.847. The van der Waals surface area contributed by atoms with E-state index in [2.05, 4.69) is 28.2 Å². The van der Waals surface area contributed by atoms with Gasteiger partial charge in [-0.25, -0.2) is 0 Å². The van der Waals surface area contributed by atoms with Gasteiger partial charge in [0.15, 0.2) is 0 Å². The minimum atomic E-state index is -0.0182. The molecule has 0 radical (unpaired) electrons. The van der Waals surface area contributed by atoms with Crippen LogP contribution < -0.4 is 11.1 Å². The number of rotatable bonds is 6. The van der Waals surface area contributed by atoms with Crippen LogP contribution in [0.5, 0.6) is 0 Å². The van der Waals surface area contributed by atoms with Gasteiger partial charge in [-0.3, -0.25) is 4.79 Å². The van der Waals surface area contributed by atoms with Gasteiger partial charge in [0, 0.05) is 12.6 Å². The van der Waals surface area contributed by atoms with Crippen LogP contribution in [0.3, 0.4) is 0 Å². The molecule has 1 atom stereocenters. The van der Waals surface area contributed by atoms with Crippen molar-refractivity contribution in [3.05, 3.63) is 20.3 Å². The fourth-order valence-corrected chi connectivity index (χ4v) is 2.97. The molecule has 0 aromatic carbocycles. The zero-order chi connectivity index (χ0) is 12.8. The summed E-state index contributed by atoms with van der Waals surface area (Å²) in [6.07, 6.45) is 3.16. The van der Waals surface area contributed by atoms with E-state index in [9.17, 15) is 4.79 Å². The van der Waals surface area contributed by atoms with Crippen molar-refractivity contribution in [1.29, 1.82) is 0 Å². The van der Waals surface area contributed by atoms with Crippen LogP contribution in [0, 0.1) is 6.92 Å². The summed E-state index contributed by atoms with van der Waals surface area (Å²) in [5.41, 5.74) is 6.75. The van der Waals surface area contributed by atoms with E-state index in [0.717, 1.165) is 33.5 Å². The van der Waals surface area contributed by atoms with E-state index in [1.807, 2.05) is 13.0 Å². The number of halogens is 1. The molecule has 17 heavy (non-hydrogen) atoms. The average Bonchev–Trinajstić information content (AvgIpc) is 2.65. The van der Waals surface area contributed by atoms with E-state index >= 15 is 0 Å². The summed E-state index contributed by atoms with van der Waals surface area (Å²) in [5.74, 6) is -0.0182. The Morgan fingerprint density at radius 2 is 2.35 bits per heavy atom. The van der Waals surface area contributed by atoms with Crippen LogP contribution in [0.25, 0.3) is 0 Å². The number of nitrogens with two attached hydrogens (primary N) is 1. The molecular weight excluding hydrogens is 300 g/mol. The van der Waals surface area contributed by atoms with E-state index in [1.165, 1.54) is 11.3 Å². The lowest BCUT2D eigenvalue weighted by molar-refractivity contribution is 0.0940. The number of nitrogens with one attached hydrogen (secondary N) is 1. The highest BCUT2D eigenvalue weighted by atomic mass is 79.9. The third-order valence-electron chi connectivity index (χ3n) is 2.61. The highest BCUT2D eigenvalue weighted by Crippen LogP contribution is 2.27. The molecule has 0 fully saturated rings. The van der Waals surface area contributed by atoms with Gasteiger partial charge in [-0.2, -0.15) is 0 Å². The third-order valence-corrected chi connectivity index (χ3v) is 4.74. The van der Waals surface area contributed by atoms with Gasteiger partial charge in [0.05, 0.1) is 8.66 Å². The monoisotopic (exact) mass is 318 g/mol. The smallest absolute Gasteiger partial charge is 0.261 e. The largest absolute Gasteiger partial charge is 0.347 e. The molecule has 5 heteroatoms. The summed E-state index contributed by atoms with van der Waals surface area (Å²) in [5, 5.41) is 2.98. The lowest BCUT2D eigenvalue weighted by Gasteiger charge is -2.15. The Balaban J connectivity index is 2.58. The number of unbranched alkanes of at least 4 members (excludes halogenated alkanes) is 1. The first-order chi connectivity index (χ1) is 8.08. The maximum absolute atomic E-state index is 12.0. The van der Waals surface area contributed by atoms with Crippen molar-refractivity contribution in [2.45, 2.75) is 39.2 Å². The van der Waals surface area contributed by atoms with Crippen LogP contribution in [0.1, 0.15) is 41.4 Å². The topological polar surface area (TPSA) is 55.1 Å². The van der Waals surface area contributed by atoms with Crippen LogP contribution >= 0.6 is 27.3 Å². The second kappa shape index (κ2) is 7.13. The van der Waals surface area contributed by atoms with E-state index in [1.54, 1.807) is 0 Å². The molecule has 1 amide bonds. The number of aryl methyl sites for hydroxylation is 1. The van der Waals surface area contributed by atoms with Crippen molar-refractivity contribution in [2.24, 2.45) is 5.73 Å². The molecule has 0 spiro atoms. The van der Waals surface area contributed by atoms with Crippen molar-refractivity contribution in [3.8, 4) is 0 Å². The number of hydrogen-bond acceptors (Lipinski definition) is 3. The summed E-state index contributed by atoms with van der Waals surface area (Å²) in [6, 6.07) is 1.99. The summed E-state index contributed by atoms with van der Waals surface area (Å²) in [7, 11) is 0. The maximum Gasteiger partial charge on any atom is 0.261 e.